The fourth-order valence-electron chi connectivity index (χ4n) is 4.08. The van der Waals surface area contributed by atoms with E-state index in [-0.39, 0.29) is 23.7 Å². The van der Waals surface area contributed by atoms with E-state index in [2.05, 4.69) is 63.3 Å². The quantitative estimate of drug-likeness (QED) is 0.440. The Labute approximate surface area is 219 Å². The number of rotatable bonds is 9. The Morgan fingerprint density at radius 3 is 2.24 bits per heavy atom. The smallest absolute Gasteiger partial charge is 0.414 e. The molecule has 9 heteroatoms. The maximum atomic E-state index is 12.3. The number of cyclic esters (lactones) is 1. The average Bonchev–Trinajstić information content (AvgIpc) is 3.48. The van der Waals surface area contributed by atoms with Crippen LogP contribution in [0.25, 0.3) is 11.1 Å². The maximum Gasteiger partial charge on any atom is 0.414 e. The van der Waals surface area contributed by atoms with Gasteiger partial charge < -0.3 is 19.7 Å². The lowest BCUT2D eigenvalue weighted by molar-refractivity contribution is -0.118. The molecule has 0 unspecified atom stereocenters. The van der Waals surface area contributed by atoms with Crippen LogP contribution in [0.15, 0.2) is 53.7 Å². The van der Waals surface area contributed by atoms with Crippen LogP contribution in [-0.2, 0) is 18.8 Å². The van der Waals surface area contributed by atoms with Gasteiger partial charge in [0.05, 0.1) is 18.9 Å². The number of nitrogens with two attached hydrogens (primary N) is 1. The number of hydrogen-bond acceptors (Lipinski definition) is 6. The number of anilines is 1. The summed E-state index contributed by atoms with van der Waals surface area (Å²) in [5, 5.41) is 4.48. The molecular weight excluding hydrogens is 486 g/mol. The summed E-state index contributed by atoms with van der Waals surface area (Å²) >= 11 is 0. The predicted octanol–water partition coefficient (Wildman–Crippen LogP) is 5.46. The molecule has 1 fully saturated rings. The van der Waals surface area contributed by atoms with E-state index >= 15 is 0 Å². The number of benzene rings is 2. The van der Waals surface area contributed by atoms with Gasteiger partial charge in [0, 0.05) is 18.5 Å². The van der Waals surface area contributed by atoms with Crippen molar-refractivity contribution in [2.24, 2.45) is 10.9 Å². The Morgan fingerprint density at radius 2 is 1.65 bits per heavy atom. The Bertz CT molecular complexity index is 1160. The third-order valence-corrected chi connectivity index (χ3v) is 12.0. The van der Waals surface area contributed by atoms with Crippen molar-refractivity contribution in [2.75, 3.05) is 18.1 Å². The van der Waals surface area contributed by atoms with Gasteiger partial charge in [-0.2, -0.15) is 0 Å². The van der Waals surface area contributed by atoms with Crippen molar-refractivity contribution < 1.29 is 23.6 Å². The first-order chi connectivity index (χ1) is 17.4. The second kappa shape index (κ2) is 10.7. The summed E-state index contributed by atoms with van der Waals surface area (Å²) < 4.78 is 11.7. The van der Waals surface area contributed by atoms with Crippen LogP contribution in [0.2, 0.25) is 18.1 Å². The van der Waals surface area contributed by atoms with Crippen molar-refractivity contribution in [3.63, 3.8) is 0 Å². The zero-order valence-electron chi connectivity index (χ0n) is 22.3. The van der Waals surface area contributed by atoms with Crippen molar-refractivity contribution in [3.8, 4) is 11.1 Å². The molecule has 2 aromatic carbocycles. The SMILES string of the molecule is CC(C)(C)[Si](C)(C)OC[C@@H]1CC(c2ccc(-c3ccc(N4C[C@H](CCC(N)=O)OC4=O)cc3)cc2)=NO1. The predicted molar refractivity (Wildman–Crippen MR) is 147 cm³/mol. The van der Waals surface area contributed by atoms with Crippen molar-refractivity contribution in [1.29, 1.82) is 0 Å². The summed E-state index contributed by atoms with van der Waals surface area (Å²) in [6.07, 6.45) is 0.582. The summed E-state index contributed by atoms with van der Waals surface area (Å²) in [5.41, 5.74) is 10.0. The summed E-state index contributed by atoms with van der Waals surface area (Å²) in [4.78, 5) is 30.5. The molecule has 2 aromatic rings. The summed E-state index contributed by atoms with van der Waals surface area (Å²) in [6, 6.07) is 16.0. The molecule has 37 heavy (non-hydrogen) atoms. The number of primary amides is 1. The van der Waals surface area contributed by atoms with Gasteiger partial charge in [0.15, 0.2) is 14.4 Å². The highest BCUT2D eigenvalue weighted by molar-refractivity contribution is 6.74. The lowest BCUT2D eigenvalue weighted by atomic mass is 10.00. The number of oxime groups is 1. The van der Waals surface area contributed by atoms with Crippen molar-refractivity contribution in [1.82, 2.24) is 0 Å². The molecule has 2 aliphatic heterocycles. The zero-order chi connectivity index (χ0) is 26.8. The van der Waals surface area contributed by atoms with E-state index in [1.807, 2.05) is 24.3 Å². The van der Waals surface area contributed by atoms with Gasteiger partial charge in [-0.15, -0.1) is 0 Å². The number of hydrogen-bond donors (Lipinski definition) is 1. The maximum absolute atomic E-state index is 12.3. The van der Waals surface area contributed by atoms with Crippen LogP contribution in [0.5, 0.6) is 0 Å². The van der Waals surface area contributed by atoms with Crippen molar-refractivity contribution >= 4 is 31.7 Å². The molecule has 1 saturated heterocycles. The second-order valence-corrected chi connectivity index (χ2v) is 16.1. The molecule has 0 bridgehead atoms. The van der Waals surface area contributed by atoms with Gasteiger partial charge >= 0.3 is 6.09 Å². The Kier molecular flexibility index (Phi) is 7.75. The van der Waals surface area contributed by atoms with E-state index in [0.29, 0.717) is 19.6 Å². The number of carbonyl (C=O) groups excluding carboxylic acids is 2. The van der Waals surface area contributed by atoms with E-state index in [1.54, 1.807) is 4.90 Å². The molecular formula is C28H37N3O5Si. The fraction of sp³-hybridized carbons (Fsp3) is 0.464. The molecule has 198 valence electrons. The van der Waals surface area contributed by atoms with Crippen molar-refractivity contribution in [3.05, 3.63) is 54.1 Å². The van der Waals surface area contributed by atoms with E-state index in [4.69, 9.17) is 19.7 Å². The third kappa shape index (κ3) is 6.40. The van der Waals surface area contributed by atoms with Gasteiger partial charge in [-0.25, -0.2) is 4.79 Å². The molecule has 8 nitrogen and oxygen atoms in total. The second-order valence-electron chi connectivity index (χ2n) is 11.3. The van der Waals surface area contributed by atoms with Crippen LogP contribution < -0.4 is 10.6 Å². The first-order valence-electron chi connectivity index (χ1n) is 12.8. The van der Waals surface area contributed by atoms with E-state index < -0.39 is 20.3 Å². The summed E-state index contributed by atoms with van der Waals surface area (Å²) in [5.74, 6) is -0.395. The van der Waals surface area contributed by atoms with Crippen LogP contribution in [0, 0.1) is 0 Å². The molecule has 0 aliphatic carbocycles. The minimum atomic E-state index is -1.82. The van der Waals surface area contributed by atoms with Gasteiger partial charge in [0.1, 0.15) is 6.10 Å². The van der Waals surface area contributed by atoms with Crippen LogP contribution in [-0.4, -0.2) is 51.4 Å². The number of amides is 2. The highest BCUT2D eigenvalue weighted by Crippen LogP contribution is 2.37. The van der Waals surface area contributed by atoms with Crippen LogP contribution in [0.4, 0.5) is 10.5 Å². The molecule has 0 spiro atoms. The lowest BCUT2D eigenvalue weighted by Gasteiger charge is -2.36. The Morgan fingerprint density at radius 1 is 1.05 bits per heavy atom. The van der Waals surface area contributed by atoms with Gasteiger partial charge in [-0.05, 0) is 53.4 Å². The molecule has 2 amide bonds. The topological polar surface area (TPSA) is 103 Å². The monoisotopic (exact) mass is 523 g/mol. The largest absolute Gasteiger partial charge is 0.444 e. The standard InChI is InChI=1S/C28H37N3O5Si/c1-28(2,3)37(4,5)34-18-24-16-25(30-36-24)21-8-6-19(7-9-21)20-10-12-22(13-11-20)31-17-23(35-27(31)33)14-15-26(29)32/h6-13,23-24H,14-18H2,1-5H3,(H2,29,32)/t23-,24-/m0/s1. The van der Waals surface area contributed by atoms with Gasteiger partial charge in [0.25, 0.3) is 0 Å². The highest BCUT2D eigenvalue weighted by atomic mass is 28.4. The summed E-state index contributed by atoms with van der Waals surface area (Å²) in [6.45, 7) is 12.2. The molecule has 0 aromatic heterocycles. The van der Waals surface area contributed by atoms with Crippen LogP contribution >= 0.6 is 0 Å². The van der Waals surface area contributed by atoms with Crippen LogP contribution in [0.3, 0.4) is 0 Å². The summed E-state index contributed by atoms with van der Waals surface area (Å²) in [7, 11) is -1.82. The number of ether oxygens (including phenoxy) is 1. The Balaban J connectivity index is 1.33. The zero-order valence-corrected chi connectivity index (χ0v) is 23.3. The highest BCUT2D eigenvalue weighted by Gasteiger charge is 2.38. The third-order valence-electron chi connectivity index (χ3n) is 7.49. The van der Waals surface area contributed by atoms with E-state index in [1.165, 1.54) is 0 Å². The van der Waals surface area contributed by atoms with Gasteiger partial charge in [-0.3, -0.25) is 9.69 Å². The molecule has 2 N–H and O–H groups in total. The average molecular weight is 524 g/mol. The fourth-order valence-corrected chi connectivity index (χ4v) is 5.12. The first kappa shape index (κ1) is 26.9. The van der Waals surface area contributed by atoms with E-state index in [9.17, 15) is 9.59 Å². The molecule has 2 atom stereocenters. The van der Waals surface area contributed by atoms with E-state index in [0.717, 1.165) is 34.5 Å². The minimum Gasteiger partial charge on any atom is -0.444 e. The number of nitrogens with zero attached hydrogens (tertiary/aromatic N) is 2. The first-order valence-corrected chi connectivity index (χ1v) is 15.7. The molecule has 0 radical (unpaired) electrons. The molecule has 4 rings (SSSR count). The molecule has 0 saturated carbocycles. The lowest BCUT2D eigenvalue weighted by Crippen LogP contribution is -2.42. The van der Waals surface area contributed by atoms with Crippen molar-refractivity contribution in [2.45, 2.75) is 70.4 Å². The molecule has 2 heterocycles. The number of carbonyl (C=O) groups is 2. The van der Waals surface area contributed by atoms with Gasteiger partial charge in [0.2, 0.25) is 5.91 Å². The Hall–Kier alpha value is -3.17. The van der Waals surface area contributed by atoms with Crippen LogP contribution in [0.1, 0.15) is 45.6 Å². The molecule has 2 aliphatic rings. The minimum absolute atomic E-state index is 0.0518. The van der Waals surface area contributed by atoms with Gasteiger partial charge in [-0.1, -0.05) is 62.3 Å². The normalized spacial score (nSPS) is 20.0.